The smallest absolute Gasteiger partial charge is 0.00953 e. The predicted octanol–water partition coefficient (Wildman–Crippen LogP) is 5.67. The summed E-state index contributed by atoms with van der Waals surface area (Å²) in [5.41, 5.74) is 0.257. The van der Waals surface area contributed by atoms with Gasteiger partial charge in [0, 0.05) is 5.41 Å². The van der Waals surface area contributed by atoms with Gasteiger partial charge in [-0.1, -0.05) is 63.1 Å². The van der Waals surface area contributed by atoms with Gasteiger partial charge in [-0.15, -0.1) is 0 Å². The Morgan fingerprint density at radius 3 is 2.19 bits per heavy atom. The molecule has 16 heavy (non-hydrogen) atoms. The van der Waals surface area contributed by atoms with E-state index in [1.165, 1.54) is 19.3 Å². The van der Waals surface area contributed by atoms with Crippen molar-refractivity contribution in [3.05, 3.63) is 36.5 Å². The molecule has 0 aromatic carbocycles. The standard InChI is InChI=1S/C16H28/c1-5-9-13-16(12-8-4,14-10-6-2)15-11-7-3/h5,8-10,12,14H,6-7,11,13,15H2,1-4H3. The van der Waals surface area contributed by atoms with Gasteiger partial charge in [-0.3, -0.25) is 0 Å². The van der Waals surface area contributed by atoms with Gasteiger partial charge in [-0.25, -0.2) is 0 Å². The molecule has 0 heterocycles. The number of allylic oxidation sites excluding steroid dienone is 6. The van der Waals surface area contributed by atoms with Crippen LogP contribution in [0.1, 0.15) is 59.8 Å². The lowest BCUT2D eigenvalue weighted by atomic mass is 9.78. The molecule has 0 bridgehead atoms. The summed E-state index contributed by atoms with van der Waals surface area (Å²) in [6, 6.07) is 0. The fourth-order valence-electron chi connectivity index (χ4n) is 1.99. The molecule has 0 aliphatic rings. The minimum absolute atomic E-state index is 0.257. The molecule has 0 saturated carbocycles. The summed E-state index contributed by atoms with van der Waals surface area (Å²) in [6.45, 7) is 8.69. The van der Waals surface area contributed by atoms with E-state index in [-0.39, 0.29) is 5.41 Å². The molecular weight excluding hydrogens is 192 g/mol. The highest BCUT2D eigenvalue weighted by atomic mass is 14.2. The van der Waals surface area contributed by atoms with Gasteiger partial charge in [0.15, 0.2) is 0 Å². The largest absolute Gasteiger partial charge is 0.0916 e. The molecule has 0 amide bonds. The van der Waals surface area contributed by atoms with Gasteiger partial charge in [-0.2, -0.15) is 0 Å². The van der Waals surface area contributed by atoms with Gasteiger partial charge in [-0.05, 0) is 33.1 Å². The quantitative estimate of drug-likeness (QED) is 0.462. The normalized spacial score (nSPS) is 16.5. The SMILES string of the molecule is CC=CCC(C=CC)(C=CCC)CCCC. The zero-order valence-electron chi connectivity index (χ0n) is 11.5. The Bertz CT molecular complexity index is 232. The van der Waals surface area contributed by atoms with Crippen LogP contribution in [0.2, 0.25) is 0 Å². The van der Waals surface area contributed by atoms with E-state index in [0.717, 1.165) is 12.8 Å². The second kappa shape index (κ2) is 9.45. The molecule has 92 valence electrons. The fourth-order valence-corrected chi connectivity index (χ4v) is 1.99. The molecule has 0 spiro atoms. The third-order valence-corrected chi connectivity index (χ3v) is 2.91. The lowest BCUT2D eigenvalue weighted by Gasteiger charge is -2.26. The van der Waals surface area contributed by atoms with Crippen LogP contribution in [-0.4, -0.2) is 0 Å². The summed E-state index contributed by atoms with van der Waals surface area (Å²) in [4.78, 5) is 0. The van der Waals surface area contributed by atoms with E-state index in [2.05, 4.69) is 64.2 Å². The Kier molecular flexibility index (Phi) is 8.99. The van der Waals surface area contributed by atoms with Crippen LogP contribution in [0.25, 0.3) is 0 Å². The van der Waals surface area contributed by atoms with Gasteiger partial charge in [0.2, 0.25) is 0 Å². The molecule has 0 radical (unpaired) electrons. The van der Waals surface area contributed by atoms with Crippen LogP contribution in [0.15, 0.2) is 36.5 Å². The lowest BCUT2D eigenvalue weighted by molar-refractivity contribution is 0.434. The van der Waals surface area contributed by atoms with Crippen LogP contribution in [-0.2, 0) is 0 Å². The second-order valence-corrected chi connectivity index (χ2v) is 4.42. The molecule has 0 aliphatic heterocycles. The molecule has 0 nitrogen and oxygen atoms in total. The summed E-state index contributed by atoms with van der Waals surface area (Å²) < 4.78 is 0. The fraction of sp³-hybridized carbons (Fsp3) is 0.625. The van der Waals surface area contributed by atoms with E-state index in [1.807, 2.05) is 0 Å². The number of hydrogen-bond donors (Lipinski definition) is 0. The Morgan fingerprint density at radius 1 is 0.938 bits per heavy atom. The van der Waals surface area contributed by atoms with Gasteiger partial charge in [0.1, 0.15) is 0 Å². The van der Waals surface area contributed by atoms with Crippen LogP contribution < -0.4 is 0 Å². The molecule has 1 atom stereocenters. The van der Waals surface area contributed by atoms with Crippen molar-refractivity contribution in [2.24, 2.45) is 5.41 Å². The zero-order valence-corrected chi connectivity index (χ0v) is 11.5. The van der Waals surface area contributed by atoms with Crippen LogP contribution in [0, 0.1) is 5.41 Å². The third kappa shape index (κ3) is 5.95. The van der Waals surface area contributed by atoms with Gasteiger partial charge >= 0.3 is 0 Å². The van der Waals surface area contributed by atoms with E-state index in [0.29, 0.717) is 0 Å². The summed E-state index contributed by atoms with van der Waals surface area (Å²) >= 11 is 0. The third-order valence-electron chi connectivity index (χ3n) is 2.91. The minimum atomic E-state index is 0.257. The van der Waals surface area contributed by atoms with E-state index in [4.69, 9.17) is 0 Å². The van der Waals surface area contributed by atoms with E-state index >= 15 is 0 Å². The van der Waals surface area contributed by atoms with Crippen molar-refractivity contribution in [3.63, 3.8) is 0 Å². The number of unbranched alkanes of at least 4 members (excludes halogenated alkanes) is 1. The Hall–Kier alpha value is -0.780. The van der Waals surface area contributed by atoms with Crippen molar-refractivity contribution >= 4 is 0 Å². The van der Waals surface area contributed by atoms with Crippen molar-refractivity contribution in [1.29, 1.82) is 0 Å². The maximum absolute atomic E-state index is 2.41. The molecule has 0 heteroatoms. The highest BCUT2D eigenvalue weighted by Crippen LogP contribution is 2.33. The Labute approximate surface area is 102 Å². The minimum Gasteiger partial charge on any atom is -0.0916 e. The Morgan fingerprint density at radius 2 is 1.69 bits per heavy atom. The van der Waals surface area contributed by atoms with Crippen LogP contribution in [0.4, 0.5) is 0 Å². The van der Waals surface area contributed by atoms with Crippen LogP contribution in [0.5, 0.6) is 0 Å². The topological polar surface area (TPSA) is 0 Å². The molecule has 0 aromatic rings. The number of rotatable bonds is 8. The highest BCUT2D eigenvalue weighted by molar-refractivity contribution is 5.13. The molecular formula is C16H28. The van der Waals surface area contributed by atoms with Crippen LogP contribution in [0.3, 0.4) is 0 Å². The van der Waals surface area contributed by atoms with Gasteiger partial charge in [0.25, 0.3) is 0 Å². The van der Waals surface area contributed by atoms with Crippen molar-refractivity contribution in [2.75, 3.05) is 0 Å². The summed E-state index contributed by atoms with van der Waals surface area (Å²) in [5, 5.41) is 0. The average Bonchev–Trinajstić information content (AvgIpc) is 2.31. The molecule has 0 fully saturated rings. The maximum atomic E-state index is 2.41. The van der Waals surface area contributed by atoms with Gasteiger partial charge in [0.05, 0.1) is 0 Å². The van der Waals surface area contributed by atoms with Crippen molar-refractivity contribution < 1.29 is 0 Å². The molecule has 0 aliphatic carbocycles. The predicted molar refractivity (Wildman–Crippen MR) is 75.6 cm³/mol. The van der Waals surface area contributed by atoms with E-state index in [1.54, 1.807) is 0 Å². The zero-order chi connectivity index (χ0) is 12.3. The molecule has 0 saturated heterocycles. The first kappa shape index (κ1) is 15.2. The molecule has 1 unspecified atom stereocenters. The second-order valence-electron chi connectivity index (χ2n) is 4.42. The monoisotopic (exact) mass is 220 g/mol. The van der Waals surface area contributed by atoms with E-state index in [9.17, 15) is 0 Å². The molecule has 0 rings (SSSR count). The first-order chi connectivity index (χ1) is 7.74. The first-order valence-corrected chi connectivity index (χ1v) is 6.67. The van der Waals surface area contributed by atoms with Crippen molar-refractivity contribution in [1.82, 2.24) is 0 Å². The summed E-state index contributed by atoms with van der Waals surface area (Å²) in [6.07, 6.45) is 19.8. The van der Waals surface area contributed by atoms with Crippen LogP contribution >= 0.6 is 0 Å². The van der Waals surface area contributed by atoms with Gasteiger partial charge < -0.3 is 0 Å². The Balaban J connectivity index is 4.79. The summed E-state index contributed by atoms with van der Waals surface area (Å²) in [7, 11) is 0. The van der Waals surface area contributed by atoms with E-state index < -0.39 is 0 Å². The lowest BCUT2D eigenvalue weighted by Crippen LogP contribution is -2.14. The van der Waals surface area contributed by atoms with Crippen molar-refractivity contribution in [2.45, 2.75) is 59.8 Å². The summed E-state index contributed by atoms with van der Waals surface area (Å²) in [5.74, 6) is 0. The first-order valence-electron chi connectivity index (χ1n) is 6.67. The number of hydrogen-bond acceptors (Lipinski definition) is 0. The average molecular weight is 220 g/mol. The molecule has 0 aromatic heterocycles. The highest BCUT2D eigenvalue weighted by Gasteiger charge is 2.20. The maximum Gasteiger partial charge on any atom is 0.00953 e. The molecule has 0 N–H and O–H groups in total. The van der Waals surface area contributed by atoms with Crippen molar-refractivity contribution in [3.8, 4) is 0 Å².